The third-order valence-corrected chi connectivity index (χ3v) is 7.36. The first-order valence-corrected chi connectivity index (χ1v) is 14.3. The molecule has 0 bridgehead atoms. The van der Waals surface area contributed by atoms with Gasteiger partial charge >= 0.3 is 12.3 Å². The molecule has 1 atom stereocenters. The largest absolute Gasteiger partial charge is 0.495 e. The molecule has 2 amide bonds. The number of nitrogens with one attached hydrogen (secondary N) is 1. The summed E-state index contributed by atoms with van der Waals surface area (Å²) in [6.45, 7) is 6.50. The number of methoxy groups -OCH3 is 1. The highest BCUT2D eigenvalue weighted by atomic mass is 19.4. The molecule has 0 radical (unpaired) electrons. The quantitative estimate of drug-likeness (QED) is 0.282. The lowest BCUT2D eigenvalue weighted by molar-refractivity contribution is -0.138. The molecule has 11 nitrogen and oxygen atoms in total. The topological polar surface area (TPSA) is 137 Å². The van der Waals surface area contributed by atoms with E-state index in [1.54, 1.807) is 33.8 Å². The van der Waals surface area contributed by atoms with Crippen LogP contribution in [0.25, 0.3) is 22.3 Å². The average molecular weight is 626 g/mol. The second kappa shape index (κ2) is 12.3. The number of nitrogens with zero attached hydrogens (tertiary/aromatic N) is 5. The predicted octanol–water partition coefficient (Wildman–Crippen LogP) is 5.60. The summed E-state index contributed by atoms with van der Waals surface area (Å²) in [5.74, 6) is -0.982. The monoisotopic (exact) mass is 625 g/mol. The first-order valence-electron chi connectivity index (χ1n) is 14.3. The number of carbonyl (C=O) groups excluding carboxylic acids is 2. The number of ether oxygens (including phenoxy) is 2. The number of rotatable bonds is 6. The number of alkyl halides is 3. The van der Waals surface area contributed by atoms with Crippen LogP contribution in [0.3, 0.4) is 0 Å². The summed E-state index contributed by atoms with van der Waals surface area (Å²) in [5.41, 5.74) is 6.95. The summed E-state index contributed by atoms with van der Waals surface area (Å²) in [7, 11) is 1.09. The summed E-state index contributed by atoms with van der Waals surface area (Å²) in [6.07, 6.45) is -2.15. The van der Waals surface area contributed by atoms with Crippen molar-refractivity contribution < 1.29 is 32.2 Å². The van der Waals surface area contributed by atoms with Crippen LogP contribution in [-0.2, 0) is 17.5 Å². The number of para-hydroxylation sites is 1. The molecule has 1 aliphatic heterocycles. The molecule has 0 unspecified atom stereocenters. The van der Waals surface area contributed by atoms with Crippen molar-refractivity contribution in [3.8, 4) is 17.0 Å². The molecular formula is C31H34F3N7O4. The number of amides is 2. The molecule has 1 saturated heterocycles. The molecule has 0 spiro atoms. The first kappa shape index (κ1) is 31.5. The Kier molecular flexibility index (Phi) is 8.59. The maximum absolute atomic E-state index is 13.4. The molecule has 3 heterocycles. The van der Waals surface area contributed by atoms with Gasteiger partial charge in [-0.25, -0.2) is 19.4 Å². The molecule has 0 aliphatic carbocycles. The number of nitrogen functional groups attached to an aromatic ring is 1. The number of fused-ring (bicyclic) bond motifs is 1. The van der Waals surface area contributed by atoms with Crippen molar-refractivity contribution in [2.45, 2.75) is 58.0 Å². The number of halogens is 3. The van der Waals surface area contributed by atoms with Gasteiger partial charge in [0.05, 0.1) is 29.7 Å². The fourth-order valence-electron chi connectivity index (χ4n) is 5.32. The SMILES string of the molecule is COc1c(C(=O)NCc2ccc(-c3nn([C@@H]4CCCN(C(=O)OC(C)(C)C)C4)c4ncnc(N)c34)cc2)cccc1C(F)(F)F. The van der Waals surface area contributed by atoms with Crippen molar-refractivity contribution in [3.05, 3.63) is 65.5 Å². The number of benzene rings is 2. The van der Waals surface area contributed by atoms with Gasteiger partial charge in [-0.1, -0.05) is 30.3 Å². The highest BCUT2D eigenvalue weighted by Crippen LogP contribution is 2.38. The van der Waals surface area contributed by atoms with E-state index in [4.69, 9.17) is 20.3 Å². The molecule has 45 heavy (non-hydrogen) atoms. The van der Waals surface area contributed by atoms with Crippen LogP contribution < -0.4 is 15.8 Å². The number of hydrogen-bond acceptors (Lipinski definition) is 8. The minimum absolute atomic E-state index is 0.0571. The Hall–Kier alpha value is -4.88. The summed E-state index contributed by atoms with van der Waals surface area (Å²) >= 11 is 0. The van der Waals surface area contributed by atoms with Crippen LogP contribution in [0.1, 0.15) is 61.1 Å². The zero-order chi connectivity index (χ0) is 32.5. The molecule has 3 N–H and O–H groups in total. The van der Waals surface area contributed by atoms with Gasteiger partial charge in [-0.05, 0) is 51.3 Å². The normalized spacial score (nSPS) is 15.6. The third-order valence-electron chi connectivity index (χ3n) is 7.36. The predicted molar refractivity (Wildman–Crippen MR) is 160 cm³/mol. The summed E-state index contributed by atoms with van der Waals surface area (Å²) in [4.78, 5) is 35.9. The lowest BCUT2D eigenvalue weighted by atomic mass is 10.1. The van der Waals surface area contributed by atoms with Crippen LogP contribution in [0.2, 0.25) is 0 Å². The van der Waals surface area contributed by atoms with Gasteiger partial charge in [0.1, 0.15) is 29.2 Å². The number of nitrogens with two attached hydrogens (primary N) is 1. The van der Waals surface area contributed by atoms with Crippen LogP contribution in [0.5, 0.6) is 5.75 Å². The molecule has 1 fully saturated rings. The van der Waals surface area contributed by atoms with Gasteiger partial charge in [0.25, 0.3) is 5.91 Å². The average Bonchev–Trinajstić information content (AvgIpc) is 3.39. The van der Waals surface area contributed by atoms with Crippen LogP contribution >= 0.6 is 0 Å². The second-order valence-corrected chi connectivity index (χ2v) is 11.7. The lowest BCUT2D eigenvalue weighted by Crippen LogP contribution is -2.43. The Morgan fingerprint density at radius 1 is 1.09 bits per heavy atom. The van der Waals surface area contributed by atoms with Gasteiger partial charge in [-0.15, -0.1) is 0 Å². The second-order valence-electron chi connectivity index (χ2n) is 11.7. The smallest absolute Gasteiger partial charge is 0.419 e. The Balaban J connectivity index is 1.36. The Labute approximate surface area is 257 Å². The van der Waals surface area contributed by atoms with Gasteiger partial charge in [0.15, 0.2) is 5.65 Å². The molecular weight excluding hydrogens is 591 g/mol. The van der Waals surface area contributed by atoms with Crippen LogP contribution in [0.4, 0.5) is 23.8 Å². The number of aromatic nitrogens is 4. The molecule has 1 aliphatic rings. The van der Waals surface area contributed by atoms with Gasteiger partial charge < -0.3 is 25.4 Å². The van der Waals surface area contributed by atoms with Gasteiger partial charge in [0, 0.05) is 25.2 Å². The fourth-order valence-corrected chi connectivity index (χ4v) is 5.32. The molecule has 2 aromatic carbocycles. The Bertz CT molecular complexity index is 1720. The Morgan fingerprint density at radius 2 is 1.82 bits per heavy atom. The lowest BCUT2D eigenvalue weighted by Gasteiger charge is -2.34. The molecule has 238 valence electrons. The highest BCUT2D eigenvalue weighted by Gasteiger charge is 2.36. The van der Waals surface area contributed by atoms with Crippen LogP contribution in [0.15, 0.2) is 48.8 Å². The number of likely N-dealkylation sites (tertiary alicyclic amines) is 1. The van der Waals surface area contributed by atoms with E-state index in [0.29, 0.717) is 35.4 Å². The van der Waals surface area contributed by atoms with Gasteiger partial charge in [-0.3, -0.25) is 4.79 Å². The standard InChI is InChI=1S/C31H34F3N7O4/c1-30(2,3)45-29(43)40-14-6-7-20(16-40)41-27-23(26(35)37-17-38-27)24(39-41)19-12-10-18(11-13-19)15-36-28(42)21-8-5-9-22(25(21)44-4)31(32,33)34/h5,8-13,17,20H,6-7,14-16H2,1-4H3,(H,36,42)(H2,35,37,38)/t20-/m1/s1. The minimum Gasteiger partial charge on any atom is -0.495 e. The molecule has 14 heteroatoms. The van der Waals surface area contributed by atoms with E-state index in [2.05, 4.69) is 15.3 Å². The molecule has 5 rings (SSSR count). The van der Waals surface area contributed by atoms with Crippen molar-refractivity contribution in [1.29, 1.82) is 0 Å². The number of anilines is 1. The number of hydrogen-bond donors (Lipinski definition) is 2. The fraction of sp³-hybridized carbons (Fsp3) is 0.387. The van der Waals surface area contributed by atoms with E-state index in [0.717, 1.165) is 37.6 Å². The van der Waals surface area contributed by atoms with E-state index in [1.165, 1.54) is 12.4 Å². The summed E-state index contributed by atoms with van der Waals surface area (Å²) in [6, 6.07) is 10.3. The molecule has 2 aromatic heterocycles. The van der Waals surface area contributed by atoms with E-state index >= 15 is 0 Å². The zero-order valence-electron chi connectivity index (χ0n) is 25.3. The van der Waals surface area contributed by atoms with Crippen molar-refractivity contribution in [2.75, 3.05) is 25.9 Å². The van der Waals surface area contributed by atoms with Crippen molar-refractivity contribution >= 4 is 28.9 Å². The Morgan fingerprint density at radius 3 is 2.49 bits per heavy atom. The van der Waals surface area contributed by atoms with E-state index in [9.17, 15) is 22.8 Å². The maximum Gasteiger partial charge on any atom is 0.419 e. The third kappa shape index (κ3) is 6.79. The van der Waals surface area contributed by atoms with E-state index in [1.807, 2.05) is 20.8 Å². The van der Waals surface area contributed by atoms with E-state index in [-0.39, 0.29) is 30.1 Å². The van der Waals surface area contributed by atoms with Crippen molar-refractivity contribution in [1.82, 2.24) is 30.0 Å². The number of piperidine rings is 1. The zero-order valence-corrected chi connectivity index (χ0v) is 25.3. The van der Waals surface area contributed by atoms with E-state index < -0.39 is 29.0 Å². The maximum atomic E-state index is 13.4. The highest BCUT2D eigenvalue weighted by molar-refractivity contribution is 5.98. The van der Waals surface area contributed by atoms with Crippen LogP contribution in [0, 0.1) is 0 Å². The van der Waals surface area contributed by atoms with Gasteiger partial charge in [-0.2, -0.15) is 18.3 Å². The summed E-state index contributed by atoms with van der Waals surface area (Å²) in [5, 5.41) is 8.11. The summed E-state index contributed by atoms with van der Waals surface area (Å²) < 4.78 is 52.5. The first-order chi connectivity index (χ1) is 21.3. The number of carbonyl (C=O) groups is 2. The molecule has 0 saturated carbocycles. The van der Waals surface area contributed by atoms with Gasteiger partial charge in [0.2, 0.25) is 0 Å². The minimum atomic E-state index is -4.67. The van der Waals surface area contributed by atoms with Crippen LogP contribution in [-0.4, -0.2) is 62.4 Å². The van der Waals surface area contributed by atoms with Crippen molar-refractivity contribution in [3.63, 3.8) is 0 Å². The molecule has 4 aromatic rings. The van der Waals surface area contributed by atoms with Crippen molar-refractivity contribution in [2.24, 2.45) is 0 Å².